The van der Waals surface area contributed by atoms with E-state index in [0.29, 0.717) is 0 Å². The Morgan fingerprint density at radius 2 is 1.63 bits per heavy atom. The Hall–Kier alpha value is -3.77. The second kappa shape index (κ2) is 9.12. The van der Waals surface area contributed by atoms with Crippen LogP contribution in [0.5, 0.6) is 0 Å². The summed E-state index contributed by atoms with van der Waals surface area (Å²) in [6.07, 6.45) is 13.5. The second-order valence-corrected chi connectivity index (χ2v) is 10.3. The smallest absolute Gasteiger partial charge is 0.0911 e. The van der Waals surface area contributed by atoms with Gasteiger partial charge in [0.25, 0.3) is 0 Å². The molecule has 0 saturated heterocycles. The SMILES string of the molecule is CC1=CC(C(C2=CC=CC(C)(C#N)C=C2)(c2ccccc2)c2cc(C)c(N)c(C)c2)CC(C)=C1N. The van der Waals surface area contributed by atoms with E-state index in [-0.39, 0.29) is 5.92 Å². The number of nitrogens with two attached hydrogens (primary N) is 2. The summed E-state index contributed by atoms with van der Waals surface area (Å²) in [4.78, 5) is 0. The van der Waals surface area contributed by atoms with Crippen LogP contribution in [0.3, 0.4) is 0 Å². The highest BCUT2D eigenvalue weighted by atomic mass is 14.6. The molecule has 0 fully saturated rings. The number of rotatable bonds is 4. The number of anilines is 1. The third-order valence-corrected chi connectivity index (χ3v) is 7.72. The molecule has 0 aliphatic heterocycles. The Bertz CT molecular complexity index is 1320. The zero-order chi connectivity index (χ0) is 25.4. The van der Waals surface area contributed by atoms with Crippen molar-refractivity contribution >= 4 is 5.69 Å². The number of nitriles is 1. The van der Waals surface area contributed by atoms with Gasteiger partial charge in [0.1, 0.15) is 0 Å². The van der Waals surface area contributed by atoms with Crippen LogP contribution in [-0.2, 0) is 5.41 Å². The summed E-state index contributed by atoms with van der Waals surface area (Å²) in [7, 11) is 0. The van der Waals surface area contributed by atoms with Crippen molar-refractivity contribution in [1.82, 2.24) is 0 Å². The van der Waals surface area contributed by atoms with Crippen LogP contribution in [0.15, 0.2) is 101 Å². The van der Waals surface area contributed by atoms with Gasteiger partial charge in [-0.2, -0.15) is 5.26 Å². The van der Waals surface area contributed by atoms with E-state index >= 15 is 0 Å². The summed E-state index contributed by atoms with van der Waals surface area (Å²) in [5.74, 6) is 0.121. The monoisotopic (exact) mass is 461 g/mol. The van der Waals surface area contributed by atoms with E-state index in [1.165, 1.54) is 16.7 Å². The molecule has 2 aliphatic rings. The minimum atomic E-state index is -0.661. The third kappa shape index (κ3) is 4.15. The van der Waals surface area contributed by atoms with E-state index < -0.39 is 10.8 Å². The Morgan fingerprint density at radius 3 is 2.23 bits per heavy atom. The molecule has 35 heavy (non-hydrogen) atoms. The van der Waals surface area contributed by atoms with Crippen molar-refractivity contribution in [2.24, 2.45) is 17.1 Å². The number of hydrogen-bond acceptors (Lipinski definition) is 3. The van der Waals surface area contributed by atoms with E-state index in [2.05, 4.69) is 94.5 Å². The highest BCUT2D eigenvalue weighted by Gasteiger charge is 2.45. The lowest BCUT2D eigenvalue weighted by Gasteiger charge is -2.44. The van der Waals surface area contributed by atoms with Crippen LogP contribution < -0.4 is 11.5 Å². The first kappa shape index (κ1) is 24.4. The predicted molar refractivity (Wildman–Crippen MR) is 146 cm³/mol. The summed E-state index contributed by atoms with van der Waals surface area (Å²) in [5.41, 5.74) is 21.4. The van der Waals surface area contributed by atoms with Gasteiger partial charge < -0.3 is 11.5 Å². The lowest BCUT2D eigenvalue weighted by Crippen LogP contribution is -2.39. The lowest BCUT2D eigenvalue weighted by molar-refractivity contribution is 0.433. The first-order valence-electron chi connectivity index (χ1n) is 12.2. The molecule has 0 aromatic heterocycles. The van der Waals surface area contributed by atoms with Crippen molar-refractivity contribution in [3.05, 3.63) is 124 Å². The van der Waals surface area contributed by atoms with Crippen LogP contribution >= 0.6 is 0 Å². The molecule has 0 radical (unpaired) electrons. The first-order valence-corrected chi connectivity index (χ1v) is 12.2. The number of nitrogens with zero attached hydrogens (tertiary/aromatic N) is 1. The molecule has 2 aromatic carbocycles. The Labute approximate surface area is 209 Å². The maximum Gasteiger partial charge on any atom is 0.0911 e. The molecule has 2 aromatic rings. The third-order valence-electron chi connectivity index (χ3n) is 7.72. The van der Waals surface area contributed by atoms with Gasteiger partial charge in [0.15, 0.2) is 0 Å². The van der Waals surface area contributed by atoms with Gasteiger partial charge in [-0.05, 0) is 85.9 Å². The summed E-state index contributed by atoms with van der Waals surface area (Å²) < 4.78 is 0. The van der Waals surface area contributed by atoms with Crippen molar-refractivity contribution in [3.63, 3.8) is 0 Å². The molecule has 178 valence electrons. The topological polar surface area (TPSA) is 75.8 Å². The Morgan fingerprint density at radius 1 is 0.971 bits per heavy atom. The maximum atomic E-state index is 9.83. The summed E-state index contributed by atoms with van der Waals surface area (Å²) in [6.45, 7) is 10.3. The highest BCUT2D eigenvalue weighted by Crippen LogP contribution is 2.52. The van der Waals surface area contributed by atoms with Gasteiger partial charge in [0, 0.05) is 11.4 Å². The molecule has 0 bridgehead atoms. The van der Waals surface area contributed by atoms with Crippen molar-refractivity contribution < 1.29 is 0 Å². The van der Waals surface area contributed by atoms with Gasteiger partial charge in [-0.25, -0.2) is 0 Å². The summed E-state index contributed by atoms with van der Waals surface area (Å²) in [5, 5.41) is 9.83. The number of hydrogen-bond donors (Lipinski definition) is 2. The van der Waals surface area contributed by atoms with E-state index in [1.54, 1.807) is 0 Å². The number of allylic oxidation sites excluding steroid dienone is 9. The zero-order valence-electron chi connectivity index (χ0n) is 21.4. The fraction of sp³-hybridized carbons (Fsp3) is 0.281. The number of aryl methyl sites for hydroxylation is 2. The molecule has 3 heteroatoms. The van der Waals surface area contributed by atoms with E-state index in [4.69, 9.17) is 11.5 Å². The molecule has 0 spiro atoms. The first-order chi connectivity index (χ1) is 16.6. The van der Waals surface area contributed by atoms with Crippen molar-refractivity contribution in [1.29, 1.82) is 5.26 Å². The maximum absolute atomic E-state index is 9.83. The Balaban J connectivity index is 2.12. The predicted octanol–water partition coefficient (Wildman–Crippen LogP) is 6.95. The van der Waals surface area contributed by atoms with E-state index in [0.717, 1.165) is 40.1 Å². The van der Waals surface area contributed by atoms with Crippen LogP contribution in [-0.4, -0.2) is 0 Å². The van der Waals surface area contributed by atoms with Crippen LogP contribution in [0.4, 0.5) is 5.69 Å². The molecular formula is C32H35N3. The fourth-order valence-electron chi connectivity index (χ4n) is 5.61. The molecule has 4 rings (SSSR count). The van der Waals surface area contributed by atoms with Gasteiger partial charge in [0.2, 0.25) is 0 Å². The van der Waals surface area contributed by atoms with Crippen LogP contribution in [0.1, 0.15) is 49.4 Å². The molecule has 3 unspecified atom stereocenters. The van der Waals surface area contributed by atoms with Crippen molar-refractivity contribution in [3.8, 4) is 6.07 Å². The van der Waals surface area contributed by atoms with Gasteiger partial charge in [0.05, 0.1) is 16.9 Å². The summed E-state index contributed by atoms with van der Waals surface area (Å²) in [6, 6.07) is 17.6. The standard InChI is InChI=1S/C32H35N3/c1-21-16-27(17-22(2)29(21)34)32(25-10-7-6-8-11-25,28-18-23(3)30(35)24(4)19-28)26-12-9-14-31(5,20-33)15-13-26/h6-18,28H,19,34-35H2,1-5H3. The highest BCUT2D eigenvalue weighted by molar-refractivity contribution is 5.63. The zero-order valence-corrected chi connectivity index (χ0v) is 21.4. The van der Waals surface area contributed by atoms with Crippen LogP contribution in [0.25, 0.3) is 0 Å². The average Bonchev–Trinajstić information content (AvgIpc) is 3.04. The van der Waals surface area contributed by atoms with Crippen LogP contribution in [0, 0.1) is 36.5 Å². The molecule has 0 saturated carbocycles. The number of benzene rings is 2. The normalized spacial score (nSPS) is 23.7. The fourth-order valence-corrected chi connectivity index (χ4v) is 5.61. The van der Waals surface area contributed by atoms with Gasteiger partial charge >= 0.3 is 0 Å². The van der Waals surface area contributed by atoms with E-state index in [9.17, 15) is 5.26 Å². The summed E-state index contributed by atoms with van der Waals surface area (Å²) >= 11 is 0. The molecule has 0 heterocycles. The van der Waals surface area contributed by atoms with Gasteiger partial charge in [-0.3, -0.25) is 0 Å². The quantitative estimate of drug-likeness (QED) is 0.484. The molecule has 3 atom stereocenters. The molecule has 2 aliphatic carbocycles. The van der Waals surface area contributed by atoms with Gasteiger partial charge in [-0.15, -0.1) is 0 Å². The van der Waals surface area contributed by atoms with E-state index in [1.807, 2.05) is 25.2 Å². The largest absolute Gasteiger partial charge is 0.399 e. The second-order valence-electron chi connectivity index (χ2n) is 10.3. The average molecular weight is 462 g/mol. The van der Waals surface area contributed by atoms with Crippen LogP contribution in [0.2, 0.25) is 0 Å². The molecule has 4 N–H and O–H groups in total. The lowest BCUT2D eigenvalue weighted by atomic mass is 9.58. The molecule has 3 nitrogen and oxygen atoms in total. The van der Waals surface area contributed by atoms with Gasteiger partial charge in [-0.1, -0.05) is 78.9 Å². The van der Waals surface area contributed by atoms with Crippen molar-refractivity contribution in [2.75, 3.05) is 5.73 Å². The number of nitrogen functional groups attached to an aromatic ring is 1. The van der Waals surface area contributed by atoms with Crippen molar-refractivity contribution in [2.45, 2.75) is 46.5 Å². The molecular weight excluding hydrogens is 426 g/mol. The minimum Gasteiger partial charge on any atom is -0.399 e. The minimum absolute atomic E-state index is 0.121. The molecule has 0 amide bonds. The Kier molecular flexibility index (Phi) is 6.34.